The average molecular weight is 320 g/mol. The molecule has 120 valence electrons. The lowest BCUT2D eigenvalue weighted by Crippen LogP contribution is -2.54. The molecular formula is C14H12N2O7. The van der Waals surface area contributed by atoms with E-state index in [2.05, 4.69) is 0 Å². The summed E-state index contributed by atoms with van der Waals surface area (Å²) in [5.41, 5.74) is 0.251. The Balaban J connectivity index is 1.77. The van der Waals surface area contributed by atoms with Gasteiger partial charge in [0, 0.05) is 6.54 Å². The molecular weight excluding hydrogens is 308 g/mol. The van der Waals surface area contributed by atoms with Gasteiger partial charge in [-0.2, -0.15) is 0 Å². The molecule has 9 heteroatoms. The lowest BCUT2D eigenvalue weighted by atomic mass is 10.1. The number of nitrogens with zero attached hydrogens (tertiary/aromatic N) is 2. The summed E-state index contributed by atoms with van der Waals surface area (Å²) < 4.78 is 5.07. The monoisotopic (exact) mass is 320 g/mol. The number of hydrogen-bond donors (Lipinski definition) is 1. The maximum absolute atomic E-state index is 12.2. The van der Waals surface area contributed by atoms with E-state index in [1.807, 2.05) is 0 Å². The minimum Gasteiger partial charge on any atom is -0.465 e. The number of carbonyl (C=O) groups is 4. The molecule has 0 radical (unpaired) electrons. The fourth-order valence-electron chi connectivity index (χ4n) is 2.43. The molecule has 0 aliphatic carbocycles. The van der Waals surface area contributed by atoms with Crippen molar-refractivity contribution >= 4 is 23.9 Å². The molecule has 0 spiro atoms. The number of rotatable bonds is 2. The quantitative estimate of drug-likeness (QED) is 0.770. The first kappa shape index (κ1) is 15.0. The molecule has 3 rings (SSSR count). The first-order valence-electron chi connectivity index (χ1n) is 6.77. The number of fused-ring (bicyclic) bond motifs is 1. The van der Waals surface area contributed by atoms with Crippen molar-refractivity contribution in [1.82, 2.24) is 9.96 Å². The molecule has 2 heterocycles. The van der Waals surface area contributed by atoms with E-state index in [0.717, 1.165) is 4.90 Å². The van der Waals surface area contributed by atoms with Crippen molar-refractivity contribution in [2.24, 2.45) is 0 Å². The van der Waals surface area contributed by atoms with Crippen LogP contribution >= 0.6 is 0 Å². The molecule has 1 unspecified atom stereocenters. The second-order valence-electron chi connectivity index (χ2n) is 4.93. The summed E-state index contributed by atoms with van der Waals surface area (Å²) in [6.45, 7) is -0.0470. The van der Waals surface area contributed by atoms with Crippen molar-refractivity contribution in [1.29, 1.82) is 0 Å². The van der Waals surface area contributed by atoms with Gasteiger partial charge in [0.1, 0.15) is 0 Å². The minimum atomic E-state index is -1.31. The highest BCUT2D eigenvalue weighted by molar-refractivity contribution is 6.20. The lowest BCUT2D eigenvalue weighted by molar-refractivity contribution is -0.179. The van der Waals surface area contributed by atoms with E-state index in [4.69, 9.17) is 14.7 Å². The van der Waals surface area contributed by atoms with Crippen molar-refractivity contribution in [3.8, 4) is 0 Å². The van der Waals surface area contributed by atoms with Crippen LogP contribution in [0.5, 0.6) is 0 Å². The van der Waals surface area contributed by atoms with Crippen molar-refractivity contribution < 1.29 is 33.9 Å². The Hall–Kier alpha value is -2.94. The van der Waals surface area contributed by atoms with Gasteiger partial charge in [-0.15, -0.1) is 0 Å². The molecule has 3 amide bonds. The van der Waals surface area contributed by atoms with Gasteiger partial charge in [0.25, 0.3) is 11.8 Å². The van der Waals surface area contributed by atoms with Crippen LogP contribution in [0.3, 0.4) is 0 Å². The fourth-order valence-corrected chi connectivity index (χ4v) is 2.43. The van der Waals surface area contributed by atoms with E-state index >= 15 is 0 Å². The molecule has 1 aromatic carbocycles. The van der Waals surface area contributed by atoms with Crippen LogP contribution < -0.4 is 0 Å². The molecule has 23 heavy (non-hydrogen) atoms. The summed E-state index contributed by atoms with van der Waals surface area (Å²) in [6, 6.07) is 4.81. The van der Waals surface area contributed by atoms with Gasteiger partial charge in [-0.1, -0.05) is 17.2 Å². The Morgan fingerprint density at radius 3 is 2.35 bits per heavy atom. The minimum absolute atomic E-state index is 0.00276. The highest BCUT2D eigenvalue weighted by Crippen LogP contribution is 2.23. The van der Waals surface area contributed by atoms with Gasteiger partial charge in [-0.05, 0) is 12.1 Å². The normalized spacial score (nSPS) is 20.4. The third-order valence-electron chi connectivity index (χ3n) is 3.58. The van der Waals surface area contributed by atoms with E-state index < -0.39 is 29.9 Å². The zero-order chi connectivity index (χ0) is 16.6. The SMILES string of the molecule is O=C(ON1C(=O)c2ccccc2C1=O)C1COCCN1C(=O)O. The van der Waals surface area contributed by atoms with Crippen LogP contribution in [0.25, 0.3) is 0 Å². The summed E-state index contributed by atoms with van der Waals surface area (Å²) in [5, 5.41) is 9.43. The van der Waals surface area contributed by atoms with E-state index in [-0.39, 0.29) is 30.9 Å². The average Bonchev–Trinajstić information content (AvgIpc) is 2.80. The maximum atomic E-state index is 12.2. The Morgan fingerprint density at radius 2 is 1.78 bits per heavy atom. The predicted octanol–water partition coefficient (Wildman–Crippen LogP) is 0.120. The fraction of sp³-hybridized carbons (Fsp3) is 0.286. The Labute approximate surface area is 129 Å². The lowest BCUT2D eigenvalue weighted by Gasteiger charge is -2.31. The number of hydrogen-bond acceptors (Lipinski definition) is 6. The van der Waals surface area contributed by atoms with E-state index in [1.165, 1.54) is 12.1 Å². The third kappa shape index (κ3) is 2.50. The van der Waals surface area contributed by atoms with Gasteiger partial charge in [0.15, 0.2) is 6.04 Å². The first-order valence-corrected chi connectivity index (χ1v) is 6.77. The van der Waals surface area contributed by atoms with Crippen LogP contribution in [-0.4, -0.2) is 64.7 Å². The van der Waals surface area contributed by atoms with E-state index in [0.29, 0.717) is 5.06 Å². The smallest absolute Gasteiger partial charge is 0.408 e. The van der Waals surface area contributed by atoms with Gasteiger partial charge >= 0.3 is 12.1 Å². The molecule has 1 fully saturated rings. The van der Waals surface area contributed by atoms with Crippen molar-refractivity contribution in [3.63, 3.8) is 0 Å². The Morgan fingerprint density at radius 1 is 1.17 bits per heavy atom. The zero-order valence-electron chi connectivity index (χ0n) is 11.8. The second-order valence-corrected chi connectivity index (χ2v) is 4.93. The van der Waals surface area contributed by atoms with Crippen LogP contribution in [-0.2, 0) is 14.4 Å². The predicted molar refractivity (Wildman–Crippen MR) is 72.4 cm³/mol. The largest absolute Gasteiger partial charge is 0.465 e. The molecule has 2 aliphatic rings. The van der Waals surface area contributed by atoms with E-state index in [1.54, 1.807) is 12.1 Å². The van der Waals surface area contributed by atoms with E-state index in [9.17, 15) is 19.2 Å². The molecule has 9 nitrogen and oxygen atoms in total. The van der Waals surface area contributed by atoms with Gasteiger partial charge in [0.2, 0.25) is 0 Å². The second kappa shape index (κ2) is 5.69. The van der Waals surface area contributed by atoms with Gasteiger partial charge in [-0.25, -0.2) is 9.59 Å². The molecule has 1 aromatic rings. The number of hydroxylamine groups is 2. The maximum Gasteiger partial charge on any atom is 0.408 e. The zero-order valence-corrected chi connectivity index (χ0v) is 11.8. The number of ether oxygens (including phenoxy) is 1. The molecule has 0 aromatic heterocycles. The highest BCUT2D eigenvalue weighted by Gasteiger charge is 2.42. The molecule has 1 N–H and O–H groups in total. The molecule has 0 bridgehead atoms. The van der Waals surface area contributed by atoms with Crippen LogP contribution in [0.2, 0.25) is 0 Å². The number of carboxylic acid groups (broad SMARTS) is 1. The van der Waals surface area contributed by atoms with Crippen LogP contribution in [0.4, 0.5) is 4.79 Å². The number of amides is 3. The Bertz CT molecular complexity index is 667. The van der Waals surface area contributed by atoms with Gasteiger partial charge < -0.3 is 14.7 Å². The van der Waals surface area contributed by atoms with Crippen LogP contribution in [0.1, 0.15) is 20.7 Å². The van der Waals surface area contributed by atoms with Crippen molar-refractivity contribution in [3.05, 3.63) is 35.4 Å². The number of imide groups is 1. The van der Waals surface area contributed by atoms with Crippen LogP contribution in [0.15, 0.2) is 24.3 Å². The number of morpholine rings is 1. The highest BCUT2D eigenvalue weighted by atomic mass is 16.7. The summed E-state index contributed by atoms with van der Waals surface area (Å²) in [5.74, 6) is -2.57. The van der Waals surface area contributed by atoms with Crippen LogP contribution in [0, 0.1) is 0 Å². The molecule has 0 saturated carbocycles. The summed E-state index contributed by atoms with van der Waals surface area (Å²) in [4.78, 5) is 53.2. The van der Waals surface area contributed by atoms with Crippen molar-refractivity contribution in [2.75, 3.05) is 19.8 Å². The summed E-state index contributed by atoms with van der Waals surface area (Å²) >= 11 is 0. The number of benzene rings is 1. The summed E-state index contributed by atoms with van der Waals surface area (Å²) in [7, 11) is 0. The molecule has 1 saturated heterocycles. The molecule has 1 atom stereocenters. The first-order chi connectivity index (χ1) is 11.0. The van der Waals surface area contributed by atoms with Gasteiger partial charge in [-0.3, -0.25) is 14.5 Å². The topological polar surface area (TPSA) is 113 Å². The third-order valence-corrected chi connectivity index (χ3v) is 3.58. The standard InChI is InChI=1S/C14H12N2O7/c17-11-8-3-1-2-4-9(8)12(18)16(11)23-13(19)10-7-22-6-5-15(10)14(20)21/h1-4,10H,5-7H2,(H,20,21). The van der Waals surface area contributed by atoms with Gasteiger partial charge in [0.05, 0.1) is 24.3 Å². The number of carbonyl (C=O) groups excluding carboxylic acids is 3. The summed E-state index contributed by atoms with van der Waals surface area (Å²) in [6.07, 6.45) is -1.31. The Kier molecular flexibility index (Phi) is 3.70. The molecule has 2 aliphatic heterocycles. The van der Waals surface area contributed by atoms with Crippen molar-refractivity contribution in [2.45, 2.75) is 6.04 Å².